The van der Waals surface area contributed by atoms with Crippen molar-refractivity contribution in [3.05, 3.63) is 64.4 Å². The van der Waals surface area contributed by atoms with Crippen molar-refractivity contribution in [1.29, 1.82) is 0 Å². The third-order valence-electron chi connectivity index (χ3n) is 4.81. The molecule has 1 saturated carbocycles. The first kappa shape index (κ1) is 18.4. The van der Waals surface area contributed by atoms with Crippen LogP contribution in [-0.4, -0.2) is 35.2 Å². The number of hydrogen-bond donors (Lipinski definition) is 2. The lowest BCUT2D eigenvalue weighted by molar-refractivity contribution is -0.127. The van der Waals surface area contributed by atoms with E-state index in [9.17, 15) is 18.8 Å². The van der Waals surface area contributed by atoms with Gasteiger partial charge in [-0.3, -0.25) is 14.4 Å². The number of nitrogens with one attached hydrogen (secondary N) is 2. The summed E-state index contributed by atoms with van der Waals surface area (Å²) in [5, 5.41) is 5.03. The SMILES string of the molecule is O=C(CNC(=O)C1c2ccccc2C(=O)N1C1CC1)Nc1ccc(Cl)c(F)c1. The highest BCUT2D eigenvalue weighted by Gasteiger charge is 2.47. The normalized spacial score (nSPS) is 18.0. The number of rotatable bonds is 5. The van der Waals surface area contributed by atoms with E-state index in [0.29, 0.717) is 11.1 Å². The lowest BCUT2D eigenvalue weighted by Gasteiger charge is -2.24. The van der Waals surface area contributed by atoms with Crippen LogP contribution in [0.2, 0.25) is 5.02 Å². The summed E-state index contributed by atoms with van der Waals surface area (Å²) in [5.74, 6) is -1.72. The van der Waals surface area contributed by atoms with Crippen molar-refractivity contribution in [3.8, 4) is 0 Å². The molecule has 2 aliphatic rings. The Balaban J connectivity index is 1.43. The van der Waals surface area contributed by atoms with Gasteiger partial charge in [0.25, 0.3) is 5.91 Å². The molecular weight excluding hydrogens is 385 g/mol. The smallest absolute Gasteiger partial charge is 0.255 e. The van der Waals surface area contributed by atoms with Gasteiger partial charge < -0.3 is 15.5 Å². The molecule has 1 unspecified atom stereocenters. The summed E-state index contributed by atoms with van der Waals surface area (Å²) in [6.07, 6.45) is 1.73. The van der Waals surface area contributed by atoms with Crippen molar-refractivity contribution < 1.29 is 18.8 Å². The number of carbonyl (C=O) groups excluding carboxylic acids is 3. The second kappa shape index (κ2) is 7.24. The van der Waals surface area contributed by atoms with Crippen LogP contribution in [0.15, 0.2) is 42.5 Å². The minimum Gasteiger partial charge on any atom is -0.345 e. The molecule has 1 fully saturated rings. The fourth-order valence-corrected chi connectivity index (χ4v) is 3.49. The van der Waals surface area contributed by atoms with Gasteiger partial charge in [-0.05, 0) is 42.7 Å². The monoisotopic (exact) mass is 401 g/mol. The van der Waals surface area contributed by atoms with Crippen LogP contribution in [0.3, 0.4) is 0 Å². The highest BCUT2D eigenvalue weighted by Crippen LogP contribution is 2.41. The van der Waals surface area contributed by atoms with Crippen LogP contribution in [0, 0.1) is 5.82 Å². The molecule has 2 aromatic carbocycles. The number of halogens is 2. The molecule has 6 nitrogen and oxygen atoms in total. The zero-order valence-corrected chi connectivity index (χ0v) is 15.5. The Morgan fingerprint density at radius 3 is 2.64 bits per heavy atom. The molecule has 1 aliphatic heterocycles. The zero-order valence-electron chi connectivity index (χ0n) is 14.7. The predicted molar refractivity (Wildman–Crippen MR) is 101 cm³/mol. The number of hydrogen-bond acceptors (Lipinski definition) is 3. The lowest BCUT2D eigenvalue weighted by Crippen LogP contribution is -2.42. The molecule has 2 N–H and O–H groups in total. The van der Waals surface area contributed by atoms with Gasteiger partial charge in [-0.25, -0.2) is 4.39 Å². The van der Waals surface area contributed by atoms with Crippen molar-refractivity contribution in [1.82, 2.24) is 10.2 Å². The summed E-state index contributed by atoms with van der Waals surface area (Å²) in [7, 11) is 0. The molecule has 0 aromatic heterocycles. The lowest BCUT2D eigenvalue weighted by atomic mass is 10.0. The summed E-state index contributed by atoms with van der Waals surface area (Å²) < 4.78 is 13.5. The zero-order chi connectivity index (χ0) is 19.8. The average molecular weight is 402 g/mol. The summed E-state index contributed by atoms with van der Waals surface area (Å²) in [6, 6.07) is 10.2. The van der Waals surface area contributed by atoms with Crippen LogP contribution in [0.5, 0.6) is 0 Å². The Labute approximate surface area is 165 Å². The van der Waals surface area contributed by atoms with E-state index in [1.54, 1.807) is 29.2 Å². The third-order valence-corrected chi connectivity index (χ3v) is 5.12. The molecule has 1 atom stereocenters. The maximum atomic E-state index is 13.5. The number of benzene rings is 2. The molecular formula is C20H17ClFN3O3. The standard InChI is InChI=1S/C20H17ClFN3O3/c21-15-8-5-11(9-16(15)22)24-17(26)10-23-19(27)18-13-3-1-2-4-14(13)20(28)25(18)12-6-7-12/h1-5,8-9,12,18H,6-7,10H2,(H,23,27)(H,24,26). The molecule has 3 amide bonds. The number of anilines is 1. The minimum atomic E-state index is -0.739. The van der Waals surface area contributed by atoms with Crippen LogP contribution in [0.1, 0.15) is 34.8 Å². The first-order chi connectivity index (χ1) is 13.5. The Bertz CT molecular complexity index is 977. The van der Waals surface area contributed by atoms with E-state index in [0.717, 1.165) is 18.9 Å². The van der Waals surface area contributed by atoms with Gasteiger partial charge >= 0.3 is 0 Å². The van der Waals surface area contributed by atoms with Crippen LogP contribution in [0.25, 0.3) is 0 Å². The van der Waals surface area contributed by atoms with Gasteiger partial charge in [0.05, 0.1) is 11.6 Å². The van der Waals surface area contributed by atoms with Crippen LogP contribution >= 0.6 is 11.6 Å². The van der Waals surface area contributed by atoms with Gasteiger partial charge in [-0.1, -0.05) is 29.8 Å². The largest absolute Gasteiger partial charge is 0.345 e. The number of carbonyl (C=O) groups is 3. The summed E-state index contributed by atoms with van der Waals surface area (Å²) >= 11 is 5.61. The van der Waals surface area contributed by atoms with E-state index in [-0.39, 0.29) is 29.2 Å². The van der Waals surface area contributed by atoms with Gasteiger partial charge in [-0.15, -0.1) is 0 Å². The van der Waals surface area contributed by atoms with Crippen molar-refractivity contribution in [2.45, 2.75) is 24.9 Å². The first-order valence-electron chi connectivity index (χ1n) is 8.90. The predicted octanol–water partition coefficient (Wildman–Crippen LogP) is 2.89. The van der Waals surface area contributed by atoms with Gasteiger partial charge in [0.1, 0.15) is 11.9 Å². The summed E-state index contributed by atoms with van der Waals surface area (Å²) in [4.78, 5) is 39.1. The third kappa shape index (κ3) is 3.45. The Morgan fingerprint density at radius 2 is 1.93 bits per heavy atom. The van der Waals surface area contributed by atoms with E-state index in [1.165, 1.54) is 12.1 Å². The van der Waals surface area contributed by atoms with Crippen molar-refractivity contribution in [2.75, 3.05) is 11.9 Å². The van der Waals surface area contributed by atoms with E-state index >= 15 is 0 Å². The van der Waals surface area contributed by atoms with E-state index < -0.39 is 23.7 Å². The van der Waals surface area contributed by atoms with Gasteiger partial charge in [-0.2, -0.15) is 0 Å². The topological polar surface area (TPSA) is 78.5 Å². The molecule has 8 heteroatoms. The van der Waals surface area contributed by atoms with Gasteiger partial charge in [0.2, 0.25) is 11.8 Å². The Kier molecular flexibility index (Phi) is 4.77. The van der Waals surface area contributed by atoms with Crippen molar-refractivity contribution >= 4 is 35.0 Å². The summed E-state index contributed by atoms with van der Waals surface area (Å²) in [5.41, 5.74) is 1.41. The minimum absolute atomic E-state index is 0.0453. The molecule has 0 spiro atoms. The second-order valence-electron chi connectivity index (χ2n) is 6.83. The molecule has 1 heterocycles. The maximum Gasteiger partial charge on any atom is 0.255 e. The van der Waals surface area contributed by atoms with Crippen molar-refractivity contribution in [2.24, 2.45) is 0 Å². The van der Waals surface area contributed by atoms with Gasteiger partial charge in [0.15, 0.2) is 0 Å². The number of nitrogens with zero attached hydrogens (tertiary/aromatic N) is 1. The first-order valence-corrected chi connectivity index (χ1v) is 9.27. The molecule has 1 aliphatic carbocycles. The molecule has 0 saturated heterocycles. The fraction of sp³-hybridized carbons (Fsp3) is 0.250. The van der Waals surface area contributed by atoms with E-state index in [4.69, 9.17) is 11.6 Å². The van der Waals surface area contributed by atoms with Crippen LogP contribution in [-0.2, 0) is 9.59 Å². The van der Waals surface area contributed by atoms with Gasteiger partial charge in [0, 0.05) is 17.3 Å². The molecule has 0 bridgehead atoms. The van der Waals surface area contributed by atoms with E-state index in [1.807, 2.05) is 0 Å². The maximum absolute atomic E-state index is 13.5. The quantitative estimate of drug-likeness (QED) is 0.808. The van der Waals surface area contributed by atoms with E-state index in [2.05, 4.69) is 10.6 Å². The molecule has 4 rings (SSSR count). The Hall–Kier alpha value is -2.93. The molecule has 144 valence electrons. The van der Waals surface area contributed by atoms with Crippen LogP contribution in [0.4, 0.5) is 10.1 Å². The fourth-order valence-electron chi connectivity index (χ4n) is 3.38. The highest BCUT2D eigenvalue weighted by atomic mass is 35.5. The number of fused-ring (bicyclic) bond motifs is 1. The molecule has 2 aromatic rings. The summed E-state index contributed by atoms with van der Waals surface area (Å²) in [6.45, 7) is -0.297. The highest BCUT2D eigenvalue weighted by molar-refractivity contribution is 6.30. The molecule has 28 heavy (non-hydrogen) atoms. The van der Waals surface area contributed by atoms with Crippen molar-refractivity contribution in [3.63, 3.8) is 0 Å². The Morgan fingerprint density at radius 1 is 1.18 bits per heavy atom. The number of amides is 3. The average Bonchev–Trinajstić information content (AvgIpc) is 3.47. The second-order valence-corrected chi connectivity index (χ2v) is 7.24. The molecule has 0 radical (unpaired) electrons. The van der Waals surface area contributed by atoms with Crippen LogP contribution < -0.4 is 10.6 Å².